The van der Waals surface area contributed by atoms with Crippen LogP contribution in [0.5, 0.6) is 17.2 Å². The summed E-state index contributed by atoms with van der Waals surface area (Å²) in [6.45, 7) is 0. The fraction of sp³-hybridized carbons (Fsp3) is 0.198. The minimum Gasteiger partial charge on any atom is -0.508 e. The number of rotatable bonds is 5. The monoisotopic (exact) mass is 1640 g/mol. The van der Waals surface area contributed by atoms with E-state index in [2.05, 4.69) is 154 Å². The van der Waals surface area contributed by atoms with Crippen LogP contribution in [0.4, 0.5) is 4.39 Å². The third-order valence-corrected chi connectivity index (χ3v) is 26.6. The molecule has 0 spiro atoms. The van der Waals surface area contributed by atoms with Gasteiger partial charge in [-0.2, -0.15) is 10.2 Å². The molecular formula is C106H89FN14O4. The van der Waals surface area contributed by atoms with Crippen LogP contribution in [0, 0.1) is 5.82 Å². The number of para-hydroxylation sites is 1. The third kappa shape index (κ3) is 13.8. The molecule has 0 amide bonds. The SMILES string of the molecule is Cn1ccc2c3c4c(c(-c5ccc(O)cc5)nc3ccc21)CCCC4.O=c1ccc(-c2nc3ccc4[nH]ncc4c3c3c2CCCC3)c[nH]1.Oc1ccc(-c2nc3ccc4[nH]c5ccccc5c4c3c3c2CCCC3)cc1.Oc1ccc(-c2nc3ccc4[nH]ncc4c3c3c2CCCC3)cc1F.c1cc(-c2[nH]c3ccc4nccc4c3c3c2CCCC3)ccn1. The maximum absolute atomic E-state index is 13.9. The fourth-order valence-corrected chi connectivity index (χ4v) is 20.8. The van der Waals surface area contributed by atoms with Gasteiger partial charge in [0.2, 0.25) is 5.56 Å². The number of nitrogens with one attached hydrogen (secondary N) is 5. The molecule has 19 heteroatoms. The summed E-state index contributed by atoms with van der Waals surface area (Å²) < 4.78 is 16.1. The Balaban J connectivity index is 0.0000000928. The van der Waals surface area contributed by atoms with Crippen LogP contribution in [0.15, 0.2) is 236 Å². The predicted octanol–water partition coefficient (Wildman–Crippen LogP) is 23.6. The molecular weight excluding hydrogens is 1550 g/mol. The van der Waals surface area contributed by atoms with Crippen molar-refractivity contribution in [1.82, 2.24) is 69.8 Å². The van der Waals surface area contributed by atoms with Gasteiger partial charge in [-0.15, -0.1) is 0 Å². The highest BCUT2D eigenvalue weighted by molar-refractivity contribution is 6.21. The van der Waals surface area contributed by atoms with E-state index in [1.54, 1.807) is 42.6 Å². The zero-order valence-corrected chi connectivity index (χ0v) is 69.2. The molecule has 0 saturated carbocycles. The van der Waals surface area contributed by atoms with Gasteiger partial charge in [-0.1, -0.05) is 18.2 Å². The number of halogens is 1. The van der Waals surface area contributed by atoms with Gasteiger partial charge in [0.1, 0.15) is 11.5 Å². The molecule has 0 aliphatic heterocycles. The molecule has 0 saturated heterocycles. The second kappa shape index (κ2) is 31.9. The van der Waals surface area contributed by atoms with E-state index < -0.39 is 5.82 Å². The number of fused-ring (bicyclic) bond motifs is 27. The fourth-order valence-electron chi connectivity index (χ4n) is 20.8. The molecule has 12 aromatic heterocycles. The van der Waals surface area contributed by atoms with Crippen molar-refractivity contribution in [2.24, 2.45) is 7.05 Å². The largest absolute Gasteiger partial charge is 0.508 e. The average molecular weight is 1640 g/mol. The molecule has 5 aliphatic carbocycles. The molecule has 614 valence electrons. The zero-order chi connectivity index (χ0) is 83.9. The number of hydrogen-bond donors (Lipinski definition) is 8. The summed E-state index contributed by atoms with van der Waals surface area (Å²) in [4.78, 5) is 50.1. The summed E-state index contributed by atoms with van der Waals surface area (Å²) in [6, 6.07) is 60.8. The molecule has 125 heavy (non-hydrogen) atoms. The molecule has 0 bridgehead atoms. The van der Waals surface area contributed by atoms with Gasteiger partial charge in [0.25, 0.3) is 0 Å². The Kier molecular flexibility index (Phi) is 19.5. The standard InChI is InChI=1S/C25H20N2O.C22H20N2O.C20H16FN3O.C20H17N3.C19H16N4O/c28-16-11-9-15(10-12-16)25-18-6-2-1-5-17(18)23-22(27-25)14-13-21-24(23)19-7-3-4-8-20(19)26-21;1-24-13-12-18-20(24)11-10-19-21(18)16-4-2-3-5-17(16)22(23-19)14-6-8-15(25)9-7-14;21-15-9-11(5-8-18(15)25)20-13-4-2-1-3-12(13)19-14-10-22-24-16(14)6-7-17(19)23-20;1-2-4-15-14(3-1)19-16-9-12-22-17(16)5-6-18(19)23-20(15)13-7-10-21-11-8-13;24-17-8-5-11(9-20-17)19-13-4-2-1-3-12(13)18-14-10-21-23-15(14)6-7-16(18)22-19/h3-4,7-14,26,28H,1-2,5-6H2;6-13,25H,2-5H2,1H3;5-10,25H,1-4H2,(H,22,24);5-12,23H,1-4H2;5-10H,1-4H2,(H,20,24)(H,21,23). The number of phenols is 3. The van der Waals surface area contributed by atoms with Gasteiger partial charge < -0.3 is 34.8 Å². The number of nitrogens with zero attached hydrogens (tertiary/aromatic N) is 9. The van der Waals surface area contributed by atoms with Crippen LogP contribution in [0.1, 0.15) is 120 Å². The van der Waals surface area contributed by atoms with E-state index in [4.69, 9.17) is 19.9 Å². The molecule has 26 rings (SSSR count). The van der Waals surface area contributed by atoms with E-state index in [9.17, 15) is 24.5 Å². The Labute approximate surface area is 717 Å². The van der Waals surface area contributed by atoms with Gasteiger partial charge in [0, 0.05) is 159 Å². The summed E-state index contributed by atoms with van der Waals surface area (Å²) in [5.74, 6) is -0.365. The maximum Gasteiger partial charge on any atom is 0.247 e. The van der Waals surface area contributed by atoms with E-state index in [0.29, 0.717) is 17.1 Å². The van der Waals surface area contributed by atoms with Crippen LogP contribution >= 0.6 is 0 Å². The van der Waals surface area contributed by atoms with Gasteiger partial charge in [-0.05, 0) is 348 Å². The molecule has 9 aromatic carbocycles. The Morgan fingerprint density at radius 3 is 1.36 bits per heavy atom. The van der Waals surface area contributed by atoms with Crippen molar-refractivity contribution in [3.8, 4) is 73.5 Å². The van der Waals surface area contributed by atoms with E-state index >= 15 is 0 Å². The van der Waals surface area contributed by atoms with E-state index in [1.807, 2.05) is 79.5 Å². The first-order valence-corrected chi connectivity index (χ1v) is 43.8. The number of benzene rings is 9. The molecule has 18 nitrogen and oxygen atoms in total. The van der Waals surface area contributed by atoms with Crippen LogP contribution in [-0.4, -0.2) is 85.1 Å². The van der Waals surface area contributed by atoms with Crippen LogP contribution < -0.4 is 5.56 Å². The first kappa shape index (κ1) is 76.4. The second-order valence-corrected chi connectivity index (χ2v) is 33.9. The topological polar surface area (TPSA) is 265 Å². The van der Waals surface area contributed by atoms with E-state index in [0.717, 1.165) is 171 Å². The summed E-state index contributed by atoms with van der Waals surface area (Å²) in [6.07, 6.45) is 36.0. The highest BCUT2D eigenvalue weighted by Gasteiger charge is 2.29. The number of H-pyrrole nitrogens is 5. The van der Waals surface area contributed by atoms with Crippen molar-refractivity contribution >= 4 is 120 Å². The summed E-state index contributed by atoms with van der Waals surface area (Å²) in [5, 5.41) is 57.0. The van der Waals surface area contributed by atoms with Crippen molar-refractivity contribution in [3.05, 3.63) is 303 Å². The molecule has 0 radical (unpaired) electrons. The number of aromatic amines is 5. The average Bonchev–Trinajstić information content (AvgIpc) is 1.67. The van der Waals surface area contributed by atoms with E-state index in [1.165, 1.54) is 196 Å². The minimum atomic E-state index is -0.616. The van der Waals surface area contributed by atoms with Gasteiger partial charge in [-0.25, -0.2) is 24.3 Å². The Morgan fingerprint density at radius 2 is 0.808 bits per heavy atom. The number of aromatic nitrogens is 14. The Bertz CT molecular complexity index is 7900. The van der Waals surface area contributed by atoms with Gasteiger partial charge in [0.15, 0.2) is 11.6 Å². The van der Waals surface area contributed by atoms with Gasteiger partial charge in [0.05, 0.1) is 73.8 Å². The highest BCUT2D eigenvalue weighted by Crippen LogP contribution is 2.46. The highest BCUT2D eigenvalue weighted by atomic mass is 19.1. The predicted molar refractivity (Wildman–Crippen MR) is 499 cm³/mol. The lowest BCUT2D eigenvalue weighted by atomic mass is 9.85. The van der Waals surface area contributed by atoms with Crippen LogP contribution in [-0.2, 0) is 71.3 Å². The number of aromatic hydroxyl groups is 3. The quantitative estimate of drug-likeness (QED) is 0.0800. The first-order chi connectivity index (χ1) is 61.5. The molecule has 21 aromatic rings. The first-order valence-electron chi connectivity index (χ1n) is 43.8. The number of pyridine rings is 7. The van der Waals surface area contributed by atoms with Crippen molar-refractivity contribution < 1.29 is 19.7 Å². The summed E-state index contributed by atoms with van der Waals surface area (Å²) >= 11 is 0. The lowest BCUT2D eigenvalue weighted by Gasteiger charge is -2.22. The smallest absolute Gasteiger partial charge is 0.247 e. The summed E-state index contributed by atoms with van der Waals surface area (Å²) in [7, 11) is 2.10. The van der Waals surface area contributed by atoms with Crippen molar-refractivity contribution in [2.75, 3.05) is 0 Å². The van der Waals surface area contributed by atoms with Gasteiger partial charge >= 0.3 is 0 Å². The van der Waals surface area contributed by atoms with Crippen molar-refractivity contribution in [2.45, 2.75) is 128 Å². The molecule has 0 unspecified atom stereocenters. The Morgan fingerprint density at radius 1 is 0.352 bits per heavy atom. The number of aryl methyl sites for hydroxylation is 6. The minimum absolute atomic E-state index is 0.0893. The molecule has 0 fully saturated rings. The van der Waals surface area contributed by atoms with E-state index in [-0.39, 0.29) is 11.3 Å². The lowest BCUT2D eigenvalue weighted by Crippen LogP contribution is -2.09. The normalized spacial score (nSPS) is 14.1. The van der Waals surface area contributed by atoms with Crippen molar-refractivity contribution in [1.29, 1.82) is 0 Å². The Hall–Kier alpha value is -14.7. The number of phenolic OH excluding ortho intramolecular Hbond substituents is 3. The van der Waals surface area contributed by atoms with Crippen molar-refractivity contribution in [3.63, 3.8) is 0 Å². The zero-order valence-electron chi connectivity index (χ0n) is 69.2. The lowest BCUT2D eigenvalue weighted by molar-refractivity contribution is 0.432. The summed E-state index contributed by atoms with van der Waals surface area (Å²) in [5.41, 5.74) is 36.1. The molecule has 12 heterocycles. The second-order valence-electron chi connectivity index (χ2n) is 33.9. The molecule has 5 aliphatic rings. The van der Waals surface area contributed by atoms with Crippen LogP contribution in [0.2, 0.25) is 0 Å². The molecule has 0 atom stereocenters. The number of hydrogen-bond acceptors (Lipinski definition) is 12. The van der Waals surface area contributed by atoms with Gasteiger partial charge in [-0.3, -0.25) is 25.0 Å². The van der Waals surface area contributed by atoms with Crippen LogP contribution in [0.25, 0.3) is 176 Å². The third-order valence-electron chi connectivity index (χ3n) is 26.6. The molecule has 8 N–H and O–H groups in total. The van der Waals surface area contributed by atoms with Crippen LogP contribution in [0.3, 0.4) is 0 Å². The maximum atomic E-state index is 13.9.